The molecule has 4 rings (SSSR count). The summed E-state index contributed by atoms with van der Waals surface area (Å²) in [5.74, 6) is -1.43. The molecule has 1 amide bonds. The highest BCUT2D eigenvalue weighted by Gasteiger charge is 2.43. The standard InChI is InChI=1S/C25H32N6O6S/c1-14-11-15(2)21(16(3)12-14)38(35,36)31-25(4,24(33)34)29-23(32)19-13-17(37-30-19)7-5-9-20-27-18-8-6-10-26-22(18)28-20/h6,8,10-12,17,19,30-31H,5,7,9,13H2,1-4H3,(H,29,32)(H,33,34)(H,26,27,28). The summed E-state index contributed by atoms with van der Waals surface area (Å²) >= 11 is 0. The minimum atomic E-state index is -4.28. The predicted octanol–water partition coefficient (Wildman–Crippen LogP) is 1.76. The molecule has 0 aliphatic carbocycles. The summed E-state index contributed by atoms with van der Waals surface area (Å²) in [6, 6.07) is 6.25. The molecule has 1 aliphatic heterocycles. The van der Waals surface area contributed by atoms with E-state index in [1.165, 1.54) is 0 Å². The maximum Gasteiger partial charge on any atom is 0.345 e. The first-order chi connectivity index (χ1) is 17.9. The number of hydroxylamine groups is 1. The van der Waals surface area contributed by atoms with E-state index in [4.69, 9.17) is 4.84 Å². The fourth-order valence-electron chi connectivity index (χ4n) is 4.75. The number of aromatic nitrogens is 3. The quantitative estimate of drug-likeness (QED) is 0.238. The summed E-state index contributed by atoms with van der Waals surface area (Å²) in [6.45, 7) is 6.21. The van der Waals surface area contributed by atoms with Crippen molar-refractivity contribution >= 4 is 33.1 Å². The van der Waals surface area contributed by atoms with E-state index in [0.717, 1.165) is 35.9 Å². The molecule has 0 bridgehead atoms. The van der Waals surface area contributed by atoms with E-state index in [-0.39, 0.29) is 11.0 Å². The molecule has 1 fully saturated rings. The van der Waals surface area contributed by atoms with Crippen LogP contribution >= 0.6 is 0 Å². The number of sulfonamides is 1. The highest BCUT2D eigenvalue weighted by Crippen LogP contribution is 2.24. The van der Waals surface area contributed by atoms with Crippen molar-refractivity contribution < 1.29 is 28.0 Å². The molecule has 3 unspecified atom stereocenters. The molecule has 2 aromatic heterocycles. The molecule has 0 radical (unpaired) electrons. The average Bonchev–Trinajstić information content (AvgIpc) is 3.44. The monoisotopic (exact) mass is 544 g/mol. The number of nitrogens with zero attached hydrogens (tertiary/aromatic N) is 2. The van der Waals surface area contributed by atoms with E-state index in [9.17, 15) is 23.1 Å². The van der Waals surface area contributed by atoms with Gasteiger partial charge in [-0.2, -0.15) is 10.2 Å². The number of hydrogen-bond acceptors (Lipinski definition) is 8. The SMILES string of the molecule is Cc1cc(C)c(S(=O)(=O)NC(C)(NC(=O)C2CC(CCCc3nc4cccnc4[nH]3)ON2)C(=O)O)c(C)c1. The first-order valence-corrected chi connectivity index (χ1v) is 13.7. The highest BCUT2D eigenvalue weighted by atomic mass is 32.2. The molecule has 0 saturated carbocycles. The first kappa shape index (κ1) is 27.6. The number of H-pyrrole nitrogens is 1. The number of aromatic amines is 1. The van der Waals surface area contributed by atoms with Crippen LogP contribution in [0.5, 0.6) is 0 Å². The number of hydrogen-bond donors (Lipinski definition) is 5. The molecule has 0 spiro atoms. The van der Waals surface area contributed by atoms with Crippen LogP contribution in [0.1, 0.15) is 48.7 Å². The Kier molecular flexibility index (Phi) is 7.83. The van der Waals surface area contributed by atoms with Crippen LogP contribution in [0.3, 0.4) is 0 Å². The number of imidazole rings is 1. The Morgan fingerprint density at radius 1 is 1.24 bits per heavy atom. The normalized spacial score (nSPS) is 19.4. The molecule has 1 aromatic carbocycles. The van der Waals surface area contributed by atoms with Crippen molar-refractivity contribution in [3.63, 3.8) is 0 Å². The van der Waals surface area contributed by atoms with Crippen LogP contribution in [0.15, 0.2) is 35.4 Å². The Bertz CT molecular complexity index is 1420. The molecular formula is C25H32N6O6S. The minimum absolute atomic E-state index is 0.0209. The van der Waals surface area contributed by atoms with Crippen LogP contribution in [-0.2, 0) is 30.9 Å². The van der Waals surface area contributed by atoms with Gasteiger partial charge >= 0.3 is 5.97 Å². The summed E-state index contributed by atoms with van der Waals surface area (Å²) in [7, 11) is -4.28. The van der Waals surface area contributed by atoms with Crippen LogP contribution in [0.25, 0.3) is 11.2 Å². The second-order valence-electron chi connectivity index (χ2n) is 9.85. The third-order valence-electron chi connectivity index (χ3n) is 6.45. The van der Waals surface area contributed by atoms with Gasteiger partial charge < -0.3 is 15.4 Å². The number of pyridine rings is 1. The van der Waals surface area contributed by atoms with Crippen molar-refractivity contribution in [3.8, 4) is 0 Å². The van der Waals surface area contributed by atoms with E-state index in [0.29, 0.717) is 30.4 Å². The summed E-state index contributed by atoms with van der Waals surface area (Å²) < 4.78 is 28.5. The van der Waals surface area contributed by atoms with Gasteiger partial charge in [0.2, 0.25) is 21.6 Å². The number of carboxylic acid groups (broad SMARTS) is 1. The molecule has 1 aliphatic rings. The molecule has 3 heterocycles. The smallest absolute Gasteiger partial charge is 0.345 e. The fourth-order valence-corrected chi connectivity index (χ4v) is 6.49. The maximum atomic E-state index is 13.2. The van der Waals surface area contributed by atoms with Crippen molar-refractivity contribution in [1.82, 2.24) is 30.5 Å². The molecule has 5 N–H and O–H groups in total. The number of nitrogens with one attached hydrogen (secondary N) is 4. The molecular weight excluding hydrogens is 512 g/mol. The number of rotatable bonds is 10. The second kappa shape index (κ2) is 10.8. The van der Waals surface area contributed by atoms with E-state index in [1.54, 1.807) is 32.2 Å². The summed E-state index contributed by atoms with van der Waals surface area (Å²) in [6.07, 6.45) is 3.76. The van der Waals surface area contributed by atoms with E-state index < -0.39 is 33.6 Å². The van der Waals surface area contributed by atoms with Crippen molar-refractivity contribution in [2.24, 2.45) is 0 Å². The molecule has 3 aromatic rings. The Morgan fingerprint density at radius 2 is 1.95 bits per heavy atom. The highest BCUT2D eigenvalue weighted by molar-refractivity contribution is 7.89. The zero-order chi connectivity index (χ0) is 27.7. The third kappa shape index (κ3) is 6.01. The first-order valence-electron chi connectivity index (χ1n) is 12.3. The molecule has 204 valence electrons. The topological polar surface area (TPSA) is 175 Å². The number of fused-ring (bicyclic) bond motifs is 1. The molecule has 12 nitrogen and oxygen atoms in total. The fraction of sp³-hybridized carbons (Fsp3) is 0.440. The van der Waals surface area contributed by atoms with Gasteiger partial charge in [0.1, 0.15) is 17.4 Å². The number of amides is 1. The lowest BCUT2D eigenvalue weighted by Gasteiger charge is -2.29. The van der Waals surface area contributed by atoms with Gasteiger partial charge in [0, 0.05) is 19.0 Å². The largest absolute Gasteiger partial charge is 0.478 e. The van der Waals surface area contributed by atoms with Gasteiger partial charge in [0.05, 0.1) is 11.0 Å². The van der Waals surface area contributed by atoms with Crippen molar-refractivity contribution in [2.75, 3.05) is 0 Å². The number of benzene rings is 1. The van der Waals surface area contributed by atoms with Gasteiger partial charge in [-0.3, -0.25) is 9.63 Å². The molecule has 38 heavy (non-hydrogen) atoms. The lowest BCUT2D eigenvalue weighted by atomic mass is 10.0. The lowest BCUT2D eigenvalue weighted by molar-refractivity contribution is -0.148. The second-order valence-corrected chi connectivity index (χ2v) is 11.5. The van der Waals surface area contributed by atoms with E-state index in [2.05, 4.69) is 30.5 Å². The van der Waals surface area contributed by atoms with Gasteiger partial charge in [-0.05, 0) is 63.8 Å². The number of carbonyl (C=O) groups is 2. The Balaban J connectivity index is 1.35. The minimum Gasteiger partial charge on any atom is -0.478 e. The lowest BCUT2D eigenvalue weighted by Crippen LogP contribution is -2.65. The number of carbonyl (C=O) groups excluding carboxylic acids is 1. The number of aryl methyl sites for hydroxylation is 4. The average molecular weight is 545 g/mol. The van der Waals surface area contributed by atoms with Gasteiger partial charge in [0.25, 0.3) is 0 Å². The number of aliphatic carboxylic acids is 1. The predicted molar refractivity (Wildman–Crippen MR) is 138 cm³/mol. The van der Waals surface area contributed by atoms with Crippen molar-refractivity contribution in [3.05, 3.63) is 53.0 Å². The van der Waals surface area contributed by atoms with Crippen molar-refractivity contribution in [1.29, 1.82) is 0 Å². The van der Waals surface area contributed by atoms with Gasteiger partial charge in [-0.25, -0.2) is 23.2 Å². The Morgan fingerprint density at radius 3 is 2.61 bits per heavy atom. The zero-order valence-corrected chi connectivity index (χ0v) is 22.5. The van der Waals surface area contributed by atoms with Crippen molar-refractivity contribution in [2.45, 2.75) is 76.1 Å². The summed E-state index contributed by atoms with van der Waals surface area (Å²) in [4.78, 5) is 42.4. The Hall–Kier alpha value is -3.39. The summed E-state index contributed by atoms with van der Waals surface area (Å²) in [5, 5.41) is 12.2. The van der Waals surface area contributed by atoms with Crippen LogP contribution < -0.4 is 15.5 Å². The van der Waals surface area contributed by atoms with Crippen LogP contribution in [0.4, 0.5) is 0 Å². The zero-order valence-electron chi connectivity index (χ0n) is 21.7. The van der Waals surface area contributed by atoms with E-state index in [1.807, 2.05) is 19.1 Å². The molecule has 3 atom stereocenters. The van der Waals surface area contributed by atoms with E-state index >= 15 is 0 Å². The maximum absolute atomic E-state index is 13.2. The number of carboxylic acids is 1. The van der Waals surface area contributed by atoms with Gasteiger partial charge in [-0.1, -0.05) is 17.7 Å². The van der Waals surface area contributed by atoms with Gasteiger partial charge in [0.15, 0.2) is 5.65 Å². The molecule has 13 heteroatoms. The van der Waals surface area contributed by atoms with Crippen LogP contribution in [0.2, 0.25) is 0 Å². The Labute approximate surface area is 220 Å². The molecule has 1 saturated heterocycles. The van der Waals surface area contributed by atoms with Crippen LogP contribution in [0, 0.1) is 20.8 Å². The third-order valence-corrected chi connectivity index (χ3v) is 8.31. The summed E-state index contributed by atoms with van der Waals surface area (Å²) in [5.41, 5.74) is 3.70. The van der Waals surface area contributed by atoms with Crippen LogP contribution in [-0.4, -0.2) is 58.2 Å². The van der Waals surface area contributed by atoms with Gasteiger partial charge in [-0.15, -0.1) is 0 Å².